The third-order valence-electron chi connectivity index (χ3n) is 3.52. The molecular formula is C18H17Cl3IN3OS. The molecule has 2 rings (SSSR count). The molecule has 0 radical (unpaired) electrons. The van der Waals surface area contributed by atoms with Crippen molar-refractivity contribution in [3.8, 4) is 0 Å². The van der Waals surface area contributed by atoms with Crippen LogP contribution in [-0.4, -0.2) is 21.0 Å². The van der Waals surface area contributed by atoms with Crippen molar-refractivity contribution >= 4 is 86.3 Å². The van der Waals surface area contributed by atoms with Crippen molar-refractivity contribution < 1.29 is 4.79 Å². The van der Waals surface area contributed by atoms with Gasteiger partial charge in [-0.15, -0.1) is 0 Å². The zero-order valence-corrected chi connectivity index (χ0v) is 19.5. The van der Waals surface area contributed by atoms with E-state index < -0.39 is 9.96 Å². The number of benzene rings is 2. The van der Waals surface area contributed by atoms with Gasteiger partial charge in [0, 0.05) is 3.57 Å². The first kappa shape index (κ1) is 22.5. The van der Waals surface area contributed by atoms with Gasteiger partial charge in [0.25, 0.3) is 0 Å². The number of carbonyl (C=O) groups is 1. The average molecular weight is 557 g/mol. The van der Waals surface area contributed by atoms with Crippen LogP contribution in [-0.2, 0) is 11.2 Å². The van der Waals surface area contributed by atoms with Crippen LogP contribution in [0.4, 0.5) is 5.69 Å². The van der Waals surface area contributed by atoms with Crippen LogP contribution in [0, 0.1) is 10.5 Å². The van der Waals surface area contributed by atoms with E-state index in [0.717, 1.165) is 20.4 Å². The van der Waals surface area contributed by atoms with Crippen molar-refractivity contribution in [2.24, 2.45) is 0 Å². The SMILES string of the molecule is Cc1ccc(CC(=O)NC(NC(=S)Nc2ccccc2I)C(Cl)(Cl)Cl)cc1. The molecule has 3 N–H and O–H groups in total. The number of para-hydroxylation sites is 1. The zero-order chi connectivity index (χ0) is 20.0. The topological polar surface area (TPSA) is 53.2 Å². The number of rotatable bonds is 5. The third-order valence-corrected chi connectivity index (χ3v) is 5.33. The molecule has 0 aliphatic rings. The van der Waals surface area contributed by atoms with E-state index in [9.17, 15) is 4.79 Å². The molecule has 0 fully saturated rings. The molecule has 2 aromatic carbocycles. The van der Waals surface area contributed by atoms with Crippen molar-refractivity contribution in [1.29, 1.82) is 0 Å². The predicted octanol–water partition coefficient (Wildman–Crippen LogP) is 4.94. The molecule has 1 amide bonds. The maximum absolute atomic E-state index is 12.4. The summed E-state index contributed by atoms with van der Waals surface area (Å²) in [5.41, 5.74) is 2.79. The van der Waals surface area contributed by atoms with Crippen LogP contribution in [0.15, 0.2) is 48.5 Å². The Kier molecular flexibility index (Phi) is 8.42. The summed E-state index contributed by atoms with van der Waals surface area (Å²) in [5.74, 6) is -0.292. The van der Waals surface area contributed by atoms with Crippen LogP contribution in [0.5, 0.6) is 0 Å². The Labute approximate surface area is 192 Å². The number of alkyl halides is 3. The number of aryl methyl sites for hydroxylation is 1. The van der Waals surface area contributed by atoms with E-state index in [0.29, 0.717) is 0 Å². The minimum absolute atomic E-state index is 0.163. The lowest BCUT2D eigenvalue weighted by atomic mass is 10.1. The summed E-state index contributed by atoms with van der Waals surface area (Å²) in [6.07, 6.45) is -0.836. The van der Waals surface area contributed by atoms with Crippen molar-refractivity contribution in [2.45, 2.75) is 23.3 Å². The van der Waals surface area contributed by atoms with Gasteiger partial charge < -0.3 is 16.0 Å². The van der Waals surface area contributed by atoms with E-state index >= 15 is 0 Å². The second-order valence-electron chi connectivity index (χ2n) is 5.78. The zero-order valence-electron chi connectivity index (χ0n) is 14.2. The number of nitrogens with one attached hydrogen (secondary N) is 3. The summed E-state index contributed by atoms with van der Waals surface area (Å²) in [7, 11) is 0. The molecule has 4 nitrogen and oxygen atoms in total. The van der Waals surface area contributed by atoms with Crippen LogP contribution in [0.25, 0.3) is 0 Å². The minimum Gasteiger partial charge on any atom is -0.339 e. The Bertz CT molecular complexity index is 812. The van der Waals surface area contributed by atoms with E-state index in [1.807, 2.05) is 55.5 Å². The van der Waals surface area contributed by atoms with Crippen molar-refractivity contribution in [2.75, 3.05) is 5.32 Å². The first-order valence-electron chi connectivity index (χ1n) is 7.89. The van der Waals surface area contributed by atoms with Gasteiger partial charge in [0.05, 0.1) is 12.1 Å². The van der Waals surface area contributed by atoms with Crippen LogP contribution >= 0.6 is 69.6 Å². The molecule has 0 saturated heterocycles. The normalized spacial score (nSPS) is 12.2. The largest absolute Gasteiger partial charge is 0.339 e. The fourth-order valence-electron chi connectivity index (χ4n) is 2.16. The lowest BCUT2D eigenvalue weighted by Crippen LogP contribution is -2.56. The van der Waals surface area contributed by atoms with Crippen LogP contribution in [0.2, 0.25) is 0 Å². The highest BCUT2D eigenvalue weighted by atomic mass is 127. The van der Waals surface area contributed by atoms with E-state index in [1.165, 1.54) is 0 Å². The molecular weight excluding hydrogens is 540 g/mol. The summed E-state index contributed by atoms with van der Waals surface area (Å²) >= 11 is 25.5. The molecule has 144 valence electrons. The second kappa shape index (κ2) is 10.1. The molecule has 9 heteroatoms. The first-order valence-corrected chi connectivity index (χ1v) is 10.5. The number of halogens is 4. The van der Waals surface area contributed by atoms with Crippen LogP contribution < -0.4 is 16.0 Å². The summed E-state index contributed by atoms with van der Waals surface area (Å²) in [6.45, 7) is 1.98. The number of amides is 1. The Balaban J connectivity index is 2.00. The van der Waals surface area contributed by atoms with Crippen molar-refractivity contribution in [3.63, 3.8) is 0 Å². The van der Waals surface area contributed by atoms with Crippen LogP contribution in [0.3, 0.4) is 0 Å². The Morgan fingerprint density at radius 3 is 2.33 bits per heavy atom. The molecule has 0 heterocycles. The fraction of sp³-hybridized carbons (Fsp3) is 0.222. The summed E-state index contributed by atoms with van der Waals surface area (Å²) in [4.78, 5) is 12.4. The lowest BCUT2D eigenvalue weighted by Gasteiger charge is -2.28. The van der Waals surface area contributed by atoms with Gasteiger partial charge in [-0.3, -0.25) is 4.79 Å². The predicted molar refractivity (Wildman–Crippen MR) is 126 cm³/mol. The minimum atomic E-state index is -1.79. The van der Waals surface area contributed by atoms with E-state index in [1.54, 1.807) is 0 Å². The van der Waals surface area contributed by atoms with Crippen molar-refractivity contribution in [3.05, 3.63) is 63.2 Å². The maximum Gasteiger partial charge on any atom is 0.228 e. The Morgan fingerprint density at radius 1 is 1.11 bits per heavy atom. The third kappa shape index (κ3) is 7.62. The molecule has 0 aromatic heterocycles. The summed E-state index contributed by atoms with van der Waals surface area (Å²) in [6, 6.07) is 15.2. The van der Waals surface area contributed by atoms with Gasteiger partial charge in [-0.05, 0) is 59.4 Å². The number of thiocarbonyl (C=S) groups is 1. The van der Waals surface area contributed by atoms with Gasteiger partial charge in [0.15, 0.2) is 5.11 Å². The molecule has 1 atom stereocenters. The fourth-order valence-corrected chi connectivity index (χ4v) is 3.23. The molecule has 27 heavy (non-hydrogen) atoms. The van der Waals surface area contributed by atoms with E-state index in [4.69, 9.17) is 47.0 Å². The molecule has 0 aliphatic carbocycles. The second-order valence-corrected chi connectivity index (χ2v) is 9.72. The molecule has 0 saturated carbocycles. The highest BCUT2D eigenvalue weighted by molar-refractivity contribution is 14.1. The molecule has 0 aliphatic heterocycles. The summed E-state index contributed by atoms with van der Waals surface area (Å²) < 4.78 is -0.813. The monoisotopic (exact) mass is 555 g/mol. The van der Waals surface area contributed by atoms with Gasteiger partial charge in [-0.2, -0.15) is 0 Å². The lowest BCUT2D eigenvalue weighted by molar-refractivity contribution is -0.121. The van der Waals surface area contributed by atoms with Gasteiger partial charge in [0.1, 0.15) is 6.17 Å². The average Bonchev–Trinajstić information content (AvgIpc) is 2.57. The van der Waals surface area contributed by atoms with Gasteiger partial charge in [-0.1, -0.05) is 76.8 Å². The highest BCUT2D eigenvalue weighted by Gasteiger charge is 2.34. The number of carbonyl (C=O) groups excluding carboxylic acids is 1. The van der Waals surface area contributed by atoms with Crippen molar-refractivity contribution in [1.82, 2.24) is 10.6 Å². The molecule has 0 spiro atoms. The van der Waals surface area contributed by atoms with E-state index in [-0.39, 0.29) is 17.4 Å². The standard InChI is InChI=1S/C18H17Cl3IN3OS/c1-11-6-8-12(9-7-11)10-15(26)24-16(18(19,20)21)25-17(27)23-14-5-3-2-4-13(14)22/h2-9,16H,10H2,1H3,(H,24,26)(H2,23,25,27). The Morgan fingerprint density at radius 2 is 1.74 bits per heavy atom. The highest BCUT2D eigenvalue weighted by Crippen LogP contribution is 2.29. The quantitative estimate of drug-likeness (QED) is 0.211. The first-order chi connectivity index (χ1) is 12.6. The van der Waals surface area contributed by atoms with Gasteiger partial charge >= 0.3 is 0 Å². The molecule has 0 bridgehead atoms. The Hall–Kier alpha value is -0.800. The molecule has 2 aromatic rings. The van der Waals surface area contributed by atoms with E-state index in [2.05, 4.69) is 38.5 Å². The summed E-state index contributed by atoms with van der Waals surface area (Å²) in [5, 5.41) is 8.78. The number of anilines is 1. The number of hydrogen-bond acceptors (Lipinski definition) is 2. The smallest absolute Gasteiger partial charge is 0.228 e. The number of hydrogen-bond donors (Lipinski definition) is 3. The van der Waals surface area contributed by atoms with Crippen LogP contribution in [0.1, 0.15) is 11.1 Å². The van der Waals surface area contributed by atoms with Gasteiger partial charge in [0.2, 0.25) is 9.70 Å². The van der Waals surface area contributed by atoms with Gasteiger partial charge in [-0.25, -0.2) is 0 Å². The molecule has 1 unspecified atom stereocenters. The maximum atomic E-state index is 12.4.